The van der Waals surface area contributed by atoms with Crippen LogP contribution in [0.3, 0.4) is 0 Å². The van der Waals surface area contributed by atoms with Crippen molar-refractivity contribution in [3.8, 4) is 0 Å². The van der Waals surface area contributed by atoms with E-state index in [1.165, 1.54) is 0 Å². The van der Waals surface area contributed by atoms with E-state index >= 15 is 0 Å². The number of amides is 1. The number of rotatable bonds is 3. The topological polar surface area (TPSA) is 41.1 Å². The van der Waals surface area contributed by atoms with Gasteiger partial charge in [-0.25, -0.2) is 0 Å². The molecule has 1 aliphatic heterocycles. The summed E-state index contributed by atoms with van der Waals surface area (Å²) in [4.78, 5) is 11.6. The smallest absolute Gasteiger partial charge is 0.238 e. The number of carbonyl (C=O) groups is 1. The van der Waals surface area contributed by atoms with Gasteiger partial charge in [-0.2, -0.15) is 0 Å². The third kappa shape index (κ3) is 2.61. The average molecular weight is 202 g/mol. The fourth-order valence-corrected chi connectivity index (χ4v) is 2.38. The summed E-state index contributed by atoms with van der Waals surface area (Å²) in [6.45, 7) is 7.04. The first kappa shape index (κ1) is 10.9. The zero-order chi connectivity index (χ0) is 9.90. The van der Waals surface area contributed by atoms with Crippen LogP contribution in [0.2, 0.25) is 0 Å². The molecule has 2 N–H and O–H groups in total. The van der Waals surface area contributed by atoms with Crippen LogP contribution in [-0.2, 0) is 4.79 Å². The van der Waals surface area contributed by atoms with E-state index in [1.54, 1.807) is 11.8 Å². The van der Waals surface area contributed by atoms with Gasteiger partial charge < -0.3 is 5.32 Å². The van der Waals surface area contributed by atoms with Crippen molar-refractivity contribution >= 4 is 17.7 Å². The van der Waals surface area contributed by atoms with Crippen molar-refractivity contribution in [3.05, 3.63) is 0 Å². The maximum Gasteiger partial charge on any atom is 0.238 e. The first-order valence-corrected chi connectivity index (χ1v) is 5.71. The maximum atomic E-state index is 11.6. The molecule has 1 rings (SSSR count). The van der Waals surface area contributed by atoms with Gasteiger partial charge in [0.2, 0.25) is 5.91 Å². The van der Waals surface area contributed by atoms with Crippen LogP contribution in [0.4, 0.5) is 0 Å². The first-order valence-electron chi connectivity index (χ1n) is 4.73. The summed E-state index contributed by atoms with van der Waals surface area (Å²) >= 11 is 1.80. The van der Waals surface area contributed by atoms with Crippen molar-refractivity contribution in [1.82, 2.24) is 10.6 Å². The summed E-state index contributed by atoms with van der Waals surface area (Å²) in [5, 5.41) is 6.12. The Balaban J connectivity index is 2.46. The Morgan fingerprint density at radius 2 is 2.38 bits per heavy atom. The molecule has 1 aliphatic rings. The Hall–Kier alpha value is -0.220. The van der Waals surface area contributed by atoms with Crippen molar-refractivity contribution in [2.75, 3.05) is 12.4 Å². The van der Waals surface area contributed by atoms with E-state index in [9.17, 15) is 4.79 Å². The molecule has 0 aromatic rings. The standard InChI is InChI=1S/C9H18N2OS/c1-4-5-10-8(12)7-9(2,3)13-6-11-7/h7,11H,4-6H2,1-3H3,(H,10,12). The Bertz CT molecular complexity index is 194. The Kier molecular flexibility index (Phi) is 3.62. The lowest BCUT2D eigenvalue weighted by atomic mass is 10.0. The first-order chi connectivity index (χ1) is 6.08. The lowest BCUT2D eigenvalue weighted by Crippen LogP contribution is -2.49. The monoisotopic (exact) mass is 202 g/mol. The van der Waals surface area contributed by atoms with Gasteiger partial charge in [-0.1, -0.05) is 6.92 Å². The predicted molar refractivity (Wildman–Crippen MR) is 56.8 cm³/mol. The highest BCUT2D eigenvalue weighted by Gasteiger charge is 2.39. The number of carbonyl (C=O) groups excluding carboxylic acids is 1. The van der Waals surface area contributed by atoms with Crippen LogP contribution in [0.1, 0.15) is 27.2 Å². The van der Waals surface area contributed by atoms with Crippen LogP contribution in [0.5, 0.6) is 0 Å². The lowest BCUT2D eigenvalue weighted by molar-refractivity contribution is -0.123. The Morgan fingerprint density at radius 1 is 1.69 bits per heavy atom. The molecule has 0 aromatic carbocycles. The zero-order valence-electron chi connectivity index (χ0n) is 8.52. The van der Waals surface area contributed by atoms with Gasteiger partial charge in [-0.3, -0.25) is 10.1 Å². The molecule has 0 aliphatic carbocycles. The molecule has 0 radical (unpaired) electrons. The average Bonchev–Trinajstić information content (AvgIpc) is 2.41. The molecule has 0 aromatic heterocycles. The van der Waals surface area contributed by atoms with Crippen molar-refractivity contribution in [2.24, 2.45) is 0 Å². The third-order valence-corrected chi connectivity index (χ3v) is 3.53. The van der Waals surface area contributed by atoms with Gasteiger partial charge in [0.05, 0.1) is 0 Å². The Morgan fingerprint density at radius 3 is 2.85 bits per heavy atom. The zero-order valence-corrected chi connectivity index (χ0v) is 9.33. The summed E-state index contributed by atoms with van der Waals surface area (Å²) in [5.41, 5.74) is 0. The minimum Gasteiger partial charge on any atom is -0.355 e. The third-order valence-electron chi connectivity index (χ3n) is 2.24. The fourth-order valence-electron chi connectivity index (χ4n) is 1.40. The Labute approximate surface area is 84.0 Å². The molecule has 1 amide bonds. The van der Waals surface area contributed by atoms with Crippen molar-refractivity contribution in [1.29, 1.82) is 0 Å². The van der Waals surface area contributed by atoms with E-state index in [0.29, 0.717) is 0 Å². The number of thioether (sulfide) groups is 1. The molecule has 1 heterocycles. The van der Waals surface area contributed by atoms with Crippen LogP contribution in [0.25, 0.3) is 0 Å². The highest BCUT2D eigenvalue weighted by Crippen LogP contribution is 2.32. The van der Waals surface area contributed by atoms with E-state index in [0.717, 1.165) is 18.8 Å². The molecule has 1 atom stereocenters. The molecular formula is C9H18N2OS. The second kappa shape index (κ2) is 4.33. The molecule has 4 heteroatoms. The van der Waals surface area contributed by atoms with Crippen molar-refractivity contribution in [2.45, 2.75) is 38.0 Å². The second-order valence-corrected chi connectivity index (χ2v) is 5.45. The van der Waals surface area contributed by atoms with Crippen LogP contribution < -0.4 is 10.6 Å². The number of hydrogen-bond acceptors (Lipinski definition) is 3. The molecule has 1 unspecified atom stereocenters. The quantitative estimate of drug-likeness (QED) is 0.716. The van der Waals surface area contributed by atoms with Crippen LogP contribution in [0, 0.1) is 0 Å². The number of nitrogens with one attached hydrogen (secondary N) is 2. The predicted octanol–water partition coefficient (Wildman–Crippen LogP) is 0.954. The molecule has 0 saturated carbocycles. The molecule has 0 bridgehead atoms. The van der Waals surface area contributed by atoms with E-state index in [-0.39, 0.29) is 16.7 Å². The summed E-state index contributed by atoms with van der Waals surface area (Å²) in [5.74, 6) is 1.01. The highest BCUT2D eigenvalue weighted by atomic mass is 32.2. The van der Waals surface area contributed by atoms with Gasteiger partial charge in [0.1, 0.15) is 6.04 Å². The minimum absolute atomic E-state index is 0.0256. The van der Waals surface area contributed by atoms with Crippen LogP contribution in [0.15, 0.2) is 0 Å². The lowest BCUT2D eigenvalue weighted by Gasteiger charge is -2.24. The summed E-state index contributed by atoms with van der Waals surface area (Å²) in [6, 6.07) is -0.0379. The largest absolute Gasteiger partial charge is 0.355 e. The number of hydrogen-bond donors (Lipinski definition) is 2. The van der Waals surface area contributed by atoms with Crippen LogP contribution >= 0.6 is 11.8 Å². The van der Waals surface area contributed by atoms with E-state index in [2.05, 4.69) is 31.4 Å². The molecule has 13 heavy (non-hydrogen) atoms. The van der Waals surface area contributed by atoms with E-state index in [4.69, 9.17) is 0 Å². The maximum absolute atomic E-state index is 11.6. The molecule has 0 spiro atoms. The summed E-state index contributed by atoms with van der Waals surface area (Å²) in [6.07, 6.45) is 0.992. The van der Waals surface area contributed by atoms with Crippen molar-refractivity contribution in [3.63, 3.8) is 0 Å². The molecule has 3 nitrogen and oxygen atoms in total. The van der Waals surface area contributed by atoms with Gasteiger partial charge >= 0.3 is 0 Å². The summed E-state index contributed by atoms with van der Waals surface area (Å²) < 4.78 is 0.0256. The van der Waals surface area contributed by atoms with Crippen LogP contribution in [-0.4, -0.2) is 29.1 Å². The van der Waals surface area contributed by atoms with Gasteiger partial charge in [0, 0.05) is 17.2 Å². The van der Waals surface area contributed by atoms with Gasteiger partial charge in [0.25, 0.3) is 0 Å². The second-order valence-electron chi connectivity index (χ2n) is 3.82. The normalized spacial score (nSPS) is 25.9. The SMILES string of the molecule is CCCNC(=O)C1NCSC1(C)C. The summed E-state index contributed by atoms with van der Waals surface area (Å²) in [7, 11) is 0. The van der Waals surface area contributed by atoms with Gasteiger partial charge in [-0.15, -0.1) is 11.8 Å². The fraction of sp³-hybridized carbons (Fsp3) is 0.889. The molecule has 1 fully saturated rings. The van der Waals surface area contributed by atoms with Gasteiger partial charge in [-0.05, 0) is 20.3 Å². The molecular weight excluding hydrogens is 184 g/mol. The van der Waals surface area contributed by atoms with Crippen molar-refractivity contribution < 1.29 is 4.79 Å². The van der Waals surface area contributed by atoms with E-state index in [1.807, 2.05) is 0 Å². The minimum atomic E-state index is -0.0379. The highest BCUT2D eigenvalue weighted by molar-refractivity contribution is 8.00. The van der Waals surface area contributed by atoms with Gasteiger partial charge in [0.15, 0.2) is 0 Å². The molecule has 76 valence electrons. The van der Waals surface area contributed by atoms with E-state index < -0.39 is 0 Å². The molecule has 1 saturated heterocycles.